The second-order valence-electron chi connectivity index (χ2n) is 6.06. The van der Waals surface area contributed by atoms with Gasteiger partial charge in [0.25, 0.3) is 5.91 Å². The molecular weight excluding hydrogens is 286 g/mol. The molecule has 1 aliphatic heterocycles. The lowest BCUT2D eigenvalue weighted by atomic mass is 9.80. The number of aromatic nitrogens is 1. The fourth-order valence-corrected chi connectivity index (χ4v) is 3.30. The van der Waals surface area contributed by atoms with Crippen LogP contribution < -0.4 is 16.4 Å². The third-order valence-electron chi connectivity index (χ3n) is 4.06. The van der Waals surface area contributed by atoms with E-state index in [4.69, 9.17) is 5.73 Å². The molecule has 2 rings (SSSR count). The minimum Gasteiger partial charge on any atom is -0.382 e. The van der Waals surface area contributed by atoms with Crippen LogP contribution in [0.1, 0.15) is 36.4 Å². The molecule has 1 fully saturated rings. The molecule has 0 aliphatic carbocycles. The summed E-state index contributed by atoms with van der Waals surface area (Å²) in [6.45, 7) is 7.84. The Bertz CT molecular complexity index is 494. The molecule has 1 aromatic heterocycles. The number of piperidine rings is 1. The Labute approximate surface area is 130 Å². The standard InChI is InChI=1S/C14H25N5OS/c1-4-16-13-18-11(15)10(21-13)12(20)17-9-14(2)5-7-19(3)8-6-14/h4-9,15H2,1-3H3,(H,16,18)(H,17,20). The summed E-state index contributed by atoms with van der Waals surface area (Å²) in [5, 5.41) is 6.81. The summed E-state index contributed by atoms with van der Waals surface area (Å²) in [6, 6.07) is 0. The molecule has 21 heavy (non-hydrogen) atoms. The van der Waals surface area contributed by atoms with Crippen molar-refractivity contribution in [2.75, 3.05) is 44.3 Å². The van der Waals surface area contributed by atoms with Crippen LogP contribution in [0.15, 0.2) is 0 Å². The van der Waals surface area contributed by atoms with Crippen molar-refractivity contribution in [3.05, 3.63) is 4.88 Å². The second kappa shape index (κ2) is 6.62. The molecule has 0 bridgehead atoms. The number of likely N-dealkylation sites (tertiary alicyclic amines) is 1. The average Bonchev–Trinajstić information content (AvgIpc) is 2.81. The summed E-state index contributed by atoms with van der Waals surface area (Å²) >= 11 is 1.31. The average molecular weight is 311 g/mol. The van der Waals surface area contributed by atoms with Crippen molar-refractivity contribution in [2.24, 2.45) is 5.41 Å². The van der Waals surface area contributed by atoms with E-state index in [1.165, 1.54) is 11.3 Å². The summed E-state index contributed by atoms with van der Waals surface area (Å²) in [4.78, 5) is 19.3. The number of nitrogen functional groups attached to an aromatic ring is 1. The molecule has 1 amide bonds. The van der Waals surface area contributed by atoms with Gasteiger partial charge in [0.2, 0.25) is 0 Å². The van der Waals surface area contributed by atoms with E-state index in [2.05, 4.69) is 34.5 Å². The van der Waals surface area contributed by atoms with Gasteiger partial charge in [-0.1, -0.05) is 18.3 Å². The zero-order valence-electron chi connectivity index (χ0n) is 13.0. The van der Waals surface area contributed by atoms with Crippen LogP contribution in [0.25, 0.3) is 0 Å². The summed E-state index contributed by atoms with van der Waals surface area (Å²) in [6.07, 6.45) is 2.20. The quantitative estimate of drug-likeness (QED) is 0.769. The molecule has 4 N–H and O–H groups in total. The largest absolute Gasteiger partial charge is 0.382 e. The molecule has 0 aromatic carbocycles. The number of hydrogen-bond donors (Lipinski definition) is 3. The van der Waals surface area contributed by atoms with Crippen LogP contribution in [0.3, 0.4) is 0 Å². The maximum absolute atomic E-state index is 12.3. The maximum Gasteiger partial charge on any atom is 0.265 e. The summed E-state index contributed by atoms with van der Waals surface area (Å²) < 4.78 is 0. The lowest BCUT2D eigenvalue weighted by Gasteiger charge is -2.37. The first-order chi connectivity index (χ1) is 9.93. The first kappa shape index (κ1) is 16.0. The van der Waals surface area contributed by atoms with Crippen LogP contribution in [0.2, 0.25) is 0 Å². The summed E-state index contributed by atoms with van der Waals surface area (Å²) in [5.41, 5.74) is 6.00. The Morgan fingerprint density at radius 2 is 2.14 bits per heavy atom. The number of nitrogens with two attached hydrogens (primary N) is 1. The molecule has 0 unspecified atom stereocenters. The molecule has 1 aromatic rings. The van der Waals surface area contributed by atoms with Crippen molar-refractivity contribution in [2.45, 2.75) is 26.7 Å². The number of hydrogen-bond acceptors (Lipinski definition) is 6. The second-order valence-corrected chi connectivity index (χ2v) is 7.06. The number of carbonyl (C=O) groups is 1. The topological polar surface area (TPSA) is 83.3 Å². The SMILES string of the molecule is CCNc1nc(N)c(C(=O)NCC2(C)CCN(C)CC2)s1. The fourth-order valence-electron chi connectivity index (χ4n) is 2.43. The van der Waals surface area contributed by atoms with Crippen molar-refractivity contribution < 1.29 is 4.79 Å². The van der Waals surface area contributed by atoms with Gasteiger partial charge in [-0.15, -0.1) is 0 Å². The molecular formula is C14H25N5OS. The van der Waals surface area contributed by atoms with Crippen molar-refractivity contribution >= 4 is 28.2 Å². The highest BCUT2D eigenvalue weighted by atomic mass is 32.1. The lowest BCUT2D eigenvalue weighted by molar-refractivity contribution is 0.0896. The van der Waals surface area contributed by atoms with E-state index in [1.54, 1.807) is 0 Å². The minimum absolute atomic E-state index is 0.116. The van der Waals surface area contributed by atoms with Gasteiger partial charge in [-0.2, -0.15) is 0 Å². The number of thiazole rings is 1. The van der Waals surface area contributed by atoms with Crippen LogP contribution >= 0.6 is 11.3 Å². The molecule has 0 spiro atoms. The molecule has 0 atom stereocenters. The summed E-state index contributed by atoms with van der Waals surface area (Å²) in [5.74, 6) is 0.191. The Morgan fingerprint density at radius 3 is 2.76 bits per heavy atom. The van der Waals surface area contributed by atoms with Crippen LogP contribution in [0, 0.1) is 5.41 Å². The number of carbonyl (C=O) groups excluding carboxylic acids is 1. The van der Waals surface area contributed by atoms with Gasteiger partial charge in [-0.05, 0) is 45.3 Å². The first-order valence-corrected chi connectivity index (χ1v) is 8.22. The van der Waals surface area contributed by atoms with Gasteiger partial charge < -0.3 is 21.3 Å². The van der Waals surface area contributed by atoms with Crippen LogP contribution in [-0.4, -0.2) is 49.0 Å². The van der Waals surface area contributed by atoms with Crippen LogP contribution in [0.5, 0.6) is 0 Å². The van der Waals surface area contributed by atoms with E-state index in [9.17, 15) is 4.79 Å². The van der Waals surface area contributed by atoms with Gasteiger partial charge in [0, 0.05) is 13.1 Å². The molecule has 6 nitrogen and oxygen atoms in total. The van der Waals surface area contributed by atoms with Gasteiger partial charge in [-0.3, -0.25) is 4.79 Å². The van der Waals surface area contributed by atoms with Gasteiger partial charge in [-0.25, -0.2) is 4.98 Å². The highest BCUT2D eigenvalue weighted by Crippen LogP contribution is 2.30. The van der Waals surface area contributed by atoms with E-state index in [0.717, 1.165) is 32.5 Å². The van der Waals surface area contributed by atoms with Gasteiger partial charge in [0.1, 0.15) is 10.7 Å². The molecule has 0 saturated carbocycles. The summed E-state index contributed by atoms with van der Waals surface area (Å²) in [7, 11) is 2.14. The molecule has 2 heterocycles. The monoisotopic (exact) mass is 311 g/mol. The number of nitrogens with zero attached hydrogens (tertiary/aromatic N) is 2. The van der Waals surface area contributed by atoms with E-state index in [1.807, 2.05) is 6.92 Å². The van der Waals surface area contributed by atoms with Crippen molar-refractivity contribution in [1.29, 1.82) is 0 Å². The van der Waals surface area contributed by atoms with Crippen LogP contribution in [0.4, 0.5) is 10.9 Å². The highest BCUT2D eigenvalue weighted by Gasteiger charge is 2.29. The van der Waals surface area contributed by atoms with Crippen molar-refractivity contribution in [3.63, 3.8) is 0 Å². The lowest BCUT2D eigenvalue weighted by Crippen LogP contribution is -2.43. The third kappa shape index (κ3) is 4.07. The highest BCUT2D eigenvalue weighted by molar-refractivity contribution is 7.18. The number of nitrogens with one attached hydrogen (secondary N) is 2. The molecule has 118 valence electrons. The third-order valence-corrected chi connectivity index (χ3v) is 5.09. The predicted octanol–water partition coefficient (Wildman–Crippen LogP) is 1.62. The van der Waals surface area contributed by atoms with Crippen LogP contribution in [-0.2, 0) is 0 Å². The Kier molecular flexibility index (Phi) is 5.05. The number of rotatable bonds is 5. The molecule has 1 saturated heterocycles. The first-order valence-electron chi connectivity index (χ1n) is 7.40. The van der Waals surface area contributed by atoms with E-state index < -0.39 is 0 Å². The number of amides is 1. The number of anilines is 2. The van der Waals surface area contributed by atoms with Crippen molar-refractivity contribution in [1.82, 2.24) is 15.2 Å². The normalized spacial score (nSPS) is 18.4. The zero-order valence-corrected chi connectivity index (χ0v) is 13.8. The smallest absolute Gasteiger partial charge is 0.265 e. The molecule has 0 radical (unpaired) electrons. The van der Waals surface area contributed by atoms with Gasteiger partial charge in [0.05, 0.1) is 0 Å². The molecule has 7 heteroatoms. The zero-order chi connectivity index (χ0) is 15.5. The van der Waals surface area contributed by atoms with Crippen molar-refractivity contribution in [3.8, 4) is 0 Å². The molecule has 1 aliphatic rings. The van der Waals surface area contributed by atoms with E-state index >= 15 is 0 Å². The predicted molar refractivity (Wildman–Crippen MR) is 87.9 cm³/mol. The van der Waals surface area contributed by atoms with Gasteiger partial charge in [0.15, 0.2) is 5.13 Å². The Balaban J connectivity index is 1.92. The van der Waals surface area contributed by atoms with E-state index in [-0.39, 0.29) is 11.3 Å². The van der Waals surface area contributed by atoms with Gasteiger partial charge >= 0.3 is 0 Å². The van der Waals surface area contributed by atoms with E-state index in [0.29, 0.717) is 22.4 Å². The Hall–Kier alpha value is -1.34. The fraction of sp³-hybridized carbons (Fsp3) is 0.714. The Morgan fingerprint density at radius 1 is 1.48 bits per heavy atom. The minimum atomic E-state index is -0.116. The maximum atomic E-state index is 12.3.